The number of benzene rings is 1. The van der Waals surface area contributed by atoms with E-state index in [-0.39, 0.29) is 0 Å². The quantitative estimate of drug-likeness (QED) is 0.762. The van der Waals surface area contributed by atoms with E-state index >= 15 is 0 Å². The Bertz CT molecular complexity index is 338. The first-order valence-electron chi connectivity index (χ1n) is 6.04. The van der Waals surface area contributed by atoms with Crippen LogP contribution in [-0.2, 0) is 0 Å². The second-order valence-electron chi connectivity index (χ2n) is 3.75. The highest BCUT2D eigenvalue weighted by Gasteiger charge is 1.97. The van der Waals surface area contributed by atoms with Gasteiger partial charge in [0.05, 0.1) is 6.61 Å². The molecule has 0 aliphatic carbocycles. The van der Waals surface area contributed by atoms with Crippen molar-refractivity contribution in [1.29, 1.82) is 0 Å². The highest BCUT2D eigenvalue weighted by Crippen LogP contribution is 2.15. The minimum absolute atomic E-state index is 0.661. The second kappa shape index (κ2) is 7.90. The number of hydrogen-bond acceptors (Lipinski definition) is 2. The summed E-state index contributed by atoms with van der Waals surface area (Å²) >= 11 is 5.15. The zero-order valence-corrected chi connectivity index (χ0v) is 11.3. The molecular formula is C13H20N2OS. The van der Waals surface area contributed by atoms with Crippen LogP contribution < -0.4 is 15.4 Å². The van der Waals surface area contributed by atoms with Crippen molar-refractivity contribution >= 4 is 23.0 Å². The molecule has 0 spiro atoms. The third kappa shape index (κ3) is 5.54. The Morgan fingerprint density at radius 2 is 1.88 bits per heavy atom. The molecule has 0 atom stereocenters. The fourth-order valence-corrected chi connectivity index (χ4v) is 1.49. The third-order valence-electron chi connectivity index (χ3n) is 2.12. The predicted octanol–water partition coefficient (Wildman–Crippen LogP) is 3.17. The molecule has 0 radical (unpaired) electrons. The molecule has 0 amide bonds. The molecular weight excluding hydrogens is 232 g/mol. The van der Waals surface area contributed by atoms with Gasteiger partial charge in [-0.15, -0.1) is 0 Å². The van der Waals surface area contributed by atoms with Crippen LogP contribution >= 0.6 is 12.2 Å². The van der Waals surface area contributed by atoms with Crippen LogP contribution in [0.4, 0.5) is 5.69 Å². The largest absolute Gasteiger partial charge is 0.494 e. The maximum atomic E-state index is 5.50. The van der Waals surface area contributed by atoms with E-state index in [9.17, 15) is 0 Å². The van der Waals surface area contributed by atoms with Crippen LogP contribution in [0.25, 0.3) is 0 Å². The lowest BCUT2D eigenvalue weighted by molar-refractivity contribution is 0.317. The Labute approximate surface area is 109 Å². The van der Waals surface area contributed by atoms with E-state index < -0.39 is 0 Å². The van der Waals surface area contributed by atoms with Crippen LogP contribution in [0, 0.1) is 0 Å². The number of nitrogens with one attached hydrogen (secondary N) is 2. The van der Waals surface area contributed by atoms with E-state index in [1.807, 2.05) is 24.3 Å². The summed E-state index contributed by atoms with van der Waals surface area (Å²) in [5.41, 5.74) is 0.974. The molecule has 0 aliphatic rings. The van der Waals surface area contributed by atoms with Crippen LogP contribution in [-0.4, -0.2) is 18.3 Å². The molecule has 0 unspecified atom stereocenters. The van der Waals surface area contributed by atoms with E-state index in [1.54, 1.807) is 0 Å². The fraction of sp³-hybridized carbons (Fsp3) is 0.462. The molecule has 94 valence electrons. The number of thiocarbonyl (C=S) groups is 1. The molecule has 0 saturated heterocycles. The van der Waals surface area contributed by atoms with Crippen LogP contribution in [0.1, 0.15) is 26.7 Å². The molecule has 3 nitrogen and oxygen atoms in total. The van der Waals surface area contributed by atoms with Gasteiger partial charge < -0.3 is 15.4 Å². The molecule has 1 aromatic rings. The van der Waals surface area contributed by atoms with Crippen molar-refractivity contribution in [1.82, 2.24) is 5.32 Å². The van der Waals surface area contributed by atoms with Crippen molar-refractivity contribution in [3.05, 3.63) is 24.3 Å². The number of ether oxygens (including phenoxy) is 1. The summed E-state index contributed by atoms with van der Waals surface area (Å²) in [6.07, 6.45) is 2.08. The van der Waals surface area contributed by atoms with Gasteiger partial charge >= 0.3 is 0 Å². The van der Waals surface area contributed by atoms with Gasteiger partial charge in [-0.2, -0.15) is 0 Å². The summed E-state index contributed by atoms with van der Waals surface area (Å²) in [6, 6.07) is 7.82. The monoisotopic (exact) mass is 252 g/mol. The maximum Gasteiger partial charge on any atom is 0.170 e. The predicted molar refractivity (Wildman–Crippen MR) is 76.7 cm³/mol. The minimum Gasteiger partial charge on any atom is -0.494 e. The topological polar surface area (TPSA) is 33.3 Å². The molecule has 0 heterocycles. The van der Waals surface area contributed by atoms with Gasteiger partial charge in [-0.3, -0.25) is 0 Å². The van der Waals surface area contributed by atoms with Gasteiger partial charge in [-0.25, -0.2) is 0 Å². The van der Waals surface area contributed by atoms with Gasteiger partial charge in [0.2, 0.25) is 0 Å². The molecule has 4 heteroatoms. The first-order valence-corrected chi connectivity index (χ1v) is 6.44. The average molecular weight is 252 g/mol. The lowest BCUT2D eigenvalue weighted by atomic mass is 10.3. The van der Waals surface area contributed by atoms with Crippen molar-refractivity contribution in [2.45, 2.75) is 26.7 Å². The summed E-state index contributed by atoms with van der Waals surface area (Å²) in [5.74, 6) is 0.893. The van der Waals surface area contributed by atoms with Crippen LogP contribution in [0.2, 0.25) is 0 Å². The minimum atomic E-state index is 0.661. The first-order chi connectivity index (χ1) is 8.26. The average Bonchev–Trinajstić information content (AvgIpc) is 2.35. The highest BCUT2D eigenvalue weighted by molar-refractivity contribution is 7.80. The van der Waals surface area contributed by atoms with Gasteiger partial charge in [-0.05, 0) is 49.3 Å². The van der Waals surface area contributed by atoms with Crippen molar-refractivity contribution in [3.8, 4) is 5.75 Å². The lowest BCUT2D eigenvalue weighted by Gasteiger charge is -2.10. The third-order valence-corrected chi connectivity index (χ3v) is 2.37. The van der Waals surface area contributed by atoms with Crippen molar-refractivity contribution < 1.29 is 4.74 Å². The Kier molecular flexibility index (Phi) is 6.40. The van der Waals surface area contributed by atoms with Crippen molar-refractivity contribution in [2.24, 2.45) is 0 Å². The molecule has 0 bridgehead atoms. The Morgan fingerprint density at radius 1 is 1.18 bits per heavy atom. The summed E-state index contributed by atoms with van der Waals surface area (Å²) in [4.78, 5) is 0. The van der Waals surface area contributed by atoms with Gasteiger partial charge in [-0.1, -0.05) is 13.8 Å². The standard InChI is InChI=1S/C13H20N2OS/c1-3-9-14-13(17)15-11-5-7-12(8-6-11)16-10-4-2/h5-8H,3-4,9-10H2,1-2H3,(H2,14,15,17). The lowest BCUT2D eigenvalue weighted by Crippen LogP contribution is -2.28. The fourth-order valence-electron chi connectivity index (χ4n) is 1.27. The molecule has 0 saturated carbocycles. The molecule has 0 aliphatic heterocycles. The first kappa shape index (κ1) is 13.8. The normalized spacial score (nSPS) is 9.76. The summed E-state index contributed by atoms with van der Waals surface area (Å²) in [5, 5.41) is 6.90. The molecule has 1 aromatic carbocycles. The zero-order chi connectivity index (χ0) is 12.5. The van der Waals surface area contributed by atoms with Crippen molar-refractivity contribution in [3.63, 3.8) is 0 Å². The maximum absolute atomic E-state index is 5.50. The molecule has 0 fully saturated rings. The summed E-state index contributed by atoms with van der Waals surface area (Å²) in [7, 11) is 0. The second-order valence-corrected chi connectivity index (χ2v) is 4.16. The van der Waals surface area contributed by atoms with Crippen LogP contribution in [0.5, 0.6) is 5.75 Å². The van der Waals surface area contributed by atoms with Crippen LogP contribution in [0.15, 0.2) is 24.3 Å². The summed E-state index contributed by atoms with van der Waals surface area (Å²) < 4.78 is 5.50. The van der Waals surface area contributed by atoms with E-state index in [4.69, 9.17) is 17.0 Å². The van der Waals surface area contributed by atoms with Gasteiger partial charge in [0, 0.05) is 12.2 Å². The van der Waals surface area contributed by atoms with Crippen LogP contribution in [0.3, 0.4) is 0 Å². The van der Waals surface area contributed by atoms with Gasteiger partial charge in [0.1, 0.15) is 5.75 Å². The number of rotatable bonds is 6. The van der Waals surface area contributed by atoms with Gasteiger partial charge in [0.25, 0.3) is 0 Å². The van der Waals surface area contributed by atoms with E-state index in [1.165, 1.54) is 0 Å². The SMILES string of the molecule is CCCNC(=S)Nc1ccc(OCCC)cc1. The number of hydrogen-bond donors (Lipinski definition) is 2. The Morgan fingerprint density at radius 3 is 2.47 bits per heavy atom. The molecule has 0 aromatic heterocycles. The summed E-state index contributed by atoms with van der Waals surface area (Å²) in [6.45, 7) is 5.84. The van der Waals surface area contributed by atoms with E-state index in [0.717, 1.165) is 37.4 Å². The molecule has 1 rings (SSSR count). The zero-order valence-electron chi connectivity index (χ0n) is 10.5. The highest BCUT2D eigenvalue weighted by atomic mass is 32.1. The van der Waals surface area contributed by atoms with Crippen molar-refractivity contribution in [2.75, 3.05) is 18.5 Å². The van der Waals surface area contributed by atoms with E-state index in [0.29, 0.717) is 5.11 Å². The van der Waals surface area contributed by atoms with E-state index in [2.05, 4.69) is 24.5 Å². The smallest absolute Gasteiger partial charge is 0.170 e. The molecule has 17 heavy (non-hydrogen) atoms. The number of anilines is 1. The Balaban J connectivity index is 2.42. The molecule has 2 N–H and O–H groups in total. The van der Waals surface area contributed by atoms with Gasteiger partial charge in [0.15, 0.2) is 5.11 Å². The Hall–Kier alpha value is -1.29.